The van der Waals surface area contributed by atoms with E-state index in [1.54, 1.807) is 11.1 Å². The van der Waals surface area contributed by atoms with E-state index in [-0.39, 0.29) is 0 Å². The lowest BCUT2D eigenvalue weighted by Gasteiger charge is -2.35. The molecule has 1 aromatic carbocycles. The summed E-state index contributed by atoms with van der Waals surface area (Å²) in [5, 5.41) is 3.78. The molecule has 3 rings (SSSR count). The van der Waals surface area contributed by atoms with Crippen molar-refractivity contribution in [2.75, 3.05) is 6.54 Å². The lowest BCUT2D eigenvalue weighted by molar-refractivity contribution is 0.244. The highest BCUT2D eigenvalue weighted by molar-refractivity contribution is 5.37. The minimum atomic E-state index is 0.765. The van der Waals surface area contributed by atoms with E-state index in [4.69, 9.17) is 0 Å². The molecule has 1 saturated carbocycles. The van der Waals surface area contributed by atoms with Gasteiger partial charge in [0.15, 0.2) is 0 Å². The summed E-state index contributed by atoms with van der Waals surface area (Å²) in [7, 11) is 0. The highest BCUT2D eigenvalue weighted by Gasteiger charge is 2.39. The maximum atomic E-state index is 3.78. The fraction of sp³-hybridized carbons (Fsp3) is 0.625. The van der Waals surface area contributed by atoms with Gasteiger partial charge in [-0.1, -0.05) is 37.6 Å². The van der Waals surface area contributed by atoms with Crippen LogP contribution in [0.5, 0.6) is 0 Å². The van der Waals surface area contributed by atoms with Gasteiger partial charge in [0.2, 0.25) is 0 Å². The monoisotopic (exact) mass is 229 g/mol. The first-order valence-electron chi connectivity index (χ1n) is 7.21. The molecule has 0 aliphatic heterocycles. The van der Waals surface area contributed by atoms with Crippen LogP contribution in [0.4, 0.5) is 0 Å². The Morgan fingerprint density at radius 2 is 2.12 bits per heavy atom. The zero-order valence-corrected chi connectivity index (χ0v) is 10.8. The Balaban J connectivity index is 1.79. The Morgan fingerprint density at radius 1 is 1.24 bits per heavy atom. The number of benzene rings is 1. The van der Waals surface area contributed by atoms with Crippen LogP contribution in [-0.4, -0.2) is 12.6 Å². The van der Waals surface area contributed by atoms with Gasteiger partial charge >= 0.3 is 0 Å². The van der Waals surface area contributed by atoms with Crippen LogP contribution in [0.3, 0.4) is 0 Å². The van der Waals surface area contributed by atoms with Crippen LogP contribution < -0.4 is 5.32 Å². The van der Waals surface area contributed by atoms with E-state index in [9.17, 15) is 0 Å². The number of hydrogen-bond donors (Lipinski definition) is 1. The Hall–Kier alpha value is -0.820. The summed E-state index contributed by atoms with van der Waals surface area (Å²) in [5.74, 6) is 1.71. The van der Waals surface area contributed by atoms with Gasteiger partial charge in [-0.05, 0) is 55.2 Å². The first-order chi connectivity index (χ1) is 8.40. The van der Waals surface area contributed by atoms with Gasteiger partial charge in [0.05, 0.1) is 0 Å². The van der Waals surface area contributed by atoms with Gasteiger partial charge in [-0.25, -0.2) is 0 Å². The van der Waals surface area contributed by atoms with E-state index >= 15 is 0 Å². The van der Waals surface area contributed by atoms with E-state index < -0.39 is 0 Å². The third-order valence-electron chi connectivity index (χ3n) is 4.63. The molecule has 0 aromatic heterocycles. The lowest BCUT2D eigenvalue weighted by atomic mass is 9.76. The second-order valence-corrected chi connectivity index (χ2v) is 5.66. The van der Waals surface area contributed by atoms with Crippen LogP contribution >= 0.6 is 0 Å². The van der Waals surface area contributed by atoms with E-state index in [0.29, 0.717) is 0 Å². The van der Waals surface area contributed by atoms with Crippen molar-refractivity contribution < 1.29 is 0 Å². The van der Waals surface area contributed by atoms with Crippen LogP contribution in [-0.2, 0) is 6.42 Å². The van der Waals surface area contributed by atoms with E-state index in [2.05, 4.69) is 36.5 Å². The molecule has 1 fully saturated rings. The molecule has 0 bridgehead atoms. The minimum absolute atomic E-state index is 0.765. The molecule has 1 heteroatoms. The molecule has 0 radical (unpaired) electrons. The molecule has 1 aromatic rings. The topological polar surface area (TPSA) is 12.0 Å². The molecule has 17 heavy (non-hydrogen) atoms. The van der Waals surface area contributed by atoms with E-state index in [0.717, 1.165) is 17.9 Å². The molecule has 1 nitrogen and oxygen atoms in total. The zero-order valence-electron chi connectivity index (χ0n) is 10.8. The van der Waals surface area contributed by atoms with Gasteiger partial charge in [-0.2, -0.15) is 0 Å². The van der Waals surface area contributed by atoms with Crippen molar-refractivity contribution in [1.82, 2.24) is 5.32 Å². The van der Waals surface area contributed by atoms with Crippen LogP contribution in [0.2, 0.25) is 0 Å². The zero-order chi connectivity index (χ0) is 11.7. The van der Waals surface area contributed by atoms with Gasteiger partial charge in [0.1, 0.15) is 0 Å². The summed E-state index contributed by atoms with van der Waals surface area (Å²) in [5.41, 5.74) is 3.27. The van der Waals surface area contributed by atoms with Crippen LogP contribution in [0.25, 0.3) is 0 Å². The lowest BCUT2D eigenvalue weighted by Crippen LogP contribution is -2.41. The average Bonchev–Trinajstić information content (AvgIpc) is 2.75. The highest BCUT2D eigenvalue weighted by Crippen LogP contribution is 2.46. The Morgan fingerprint density at radius 3 is 3.00 bits per heavy atom. The van der Waals surface area contributed by atoms with Crippen molar-refractivity contribution in [2.45, 2.75) is 51.0 Å². The smallest absolute Gasteiger partial charge is 0.0104 e. The van der Waals surface area contributed by atoms with Gasteiger partial charge in [-0.3, -0.25) is 0 Å². The second-order valence-electron chi connectivity index (χ2n) is 5.66. The SMILES string of the molecule is CCCNC1CCCC2c3ccccc3CC12. The fourth-order valence-electron chi connectivity index (χ4n) is 3.86. The molecule has 3 atom stereocenters. The van der Waals surface area contributed by atoms with Crippen LogP contribution in [0, 0.1) is 5.92 Å². The summed E-state index contributed by atoms with van der Waals surface area (Å²) in [4.78, 5) is 0. The number of fused-ring (bicyclic) bond motifs is 3. The molecular weight excluding hydrogens is 206 g/mol. The largest absolute Gasteiger partial charge is 0.314 e. The van der Waals surface area contributed by atoms with Crippen molar-refractivity contribution in [2.24, 2.45) is 5.92 Å². The molecular formula is C16H23N. The van der Waals surface area contributed by atoms with Crippen molar-refractivity contribution >= 4 is 0 Å². The molecule has 92 valence electrons. The summed E-state index contributed by atoms with van der Waals surface area (Å²) < 4.78 is 0. The Labute approximate surface area is 105 Å². The molecule has 2 aliphatic carbocycles. The van der Waals surface area contributed by atoms with Crippen LogP contribution in [0.1, 0.15) is 49.7 Å². The molecule has 0 amide bonds. The third kappa shape index (κ3) is 2.01. The Bertz CT molecular complexity index is 385. The van der Waals surface area contributed by atoms with Crippen LogP contribution in [0.15, 0.2) is 24.3 Å². The van der Waals surface area contributed by atoms with Gasteiger partial charge in [-0.15, -0.1) is 0 Å². The van der Waals surface area contributed by atoms with E-state index in [1.165, 1.54) is 38.6 Å². The van der Waals surface area contributed by atoms with Crippen molar-refractivity contribution in [3.63, 3.8) is 0 Å². The molecule has 0 heterocycles. The average molecular weight is 229 g/mol. The minimum Gasteiger partial charge on any atom is -0.314 e. The summed E-state index contributed by atoms with van der Waals surface area (Å²) >= 11 is 0. The number of rotatable bonds is 3. The first kappa shape index (κ1) is 11.3. The fourth-order valence-corrected chi connectivity index (χ4v) is 3.86. The number of hydrogen-bond acceptors (Lipinski definition) is 1. The summed E-state index contributed by atoms with van der Waals surface area (Å²) in [6.45, 7) is 3.45. The maximum Gasteiger partial charge on any atom is 0.0104 e. The normalized spacial score (nSPS) is 31.0. The summed E-state index contributed by atoms with van der Waals surface area (Å²) in [6.07, 6.45) is 6.75. The molecule has 3 unspecified atom stereocenters. The third-order valence-corrected chi connectivity index (χ3v) is 4.63. The highest BCUT2D eigenvalue weighted by atomic mass is 14.9. The Kier molecular flexibility index (Phi) is 3.19. The van der Waals surface area contributed by atoms with Crippen molar-refractivity contribution in [3.05, 3.63) is 35.4 Å². The van der Waals surface area contributed by atoms with E-state index in [1.807, 2.05) is 0 Å². The summed E-state index contributed by atoms with van der Waals surface area (Å²) in [6, 6.07) is 9.88. The van der Waals surface area contributed by atoms with Gasteiger partial charge in [0, 0.05) is 6.04 Å². The maximum absolute atomic E-state index is 3.78. The molecule has 2 aliphatic rings. The first-order valence-corrected chi connectivity index (χ1v) is 7.21. The standard InChI is InChI=1S/C16H23N/c1-2-10-17-16-9-5-8-14-13-7-4-3-6-12(13)11-15(14)16/h3-4,6-7,14-17H,2,5,8-11H2,1H3. The van der Waals surface area contributed by atoms with Gasteiger partial charge in [0.25, 0.3) is 0 Å². The predicted octanol–water partition coefficient (Wildman–Crippen LogP) is 3.49. The molecule has 1 N–H and O–H groups in total. The predicted molar refractivity (Wildman–Crippen MR) is 72.3 cm³/mol. The number of nitrogens with one attached hydrogen (secondary N) is 1. The molecule has 0 saturated heterocycles. The second kappa shape index (κ2) is 4.81. The quantitative estimate of drug-likeness (QED) is 0.836. The van der Waals surface area contributed by atoms with Gasteiger partial charge < -0.3 is 5.32 Å². The molecule has 0 spiro atoms. The van der Waals surface area contributed by atoms with Crippen molar-refractivity contribution in [1.29, 1.82) is 0 Å². The van der Waals surface area contributed by atoms with Crippen molar-refractivity contribution in [3.8, 4) is 0 Å².